The second kappa shape index (κ2) is 5.85. The van der Waals surface area contributed by atoms with E-state index >= 15 is 0 Å². The van der Waals surface area contributed by atoms with Crippen LogP contribution >= 0.6 is 7.37 Å². The Labute approximate surface area is 84.4 Å². The van der Waals surface area contributed by atoms with E-state index in [1.54, 1.807) is 6.92 Å². The molecule has 0 aliphatic rings. The van der Waals surface area contributed by atoms with Crippen LogP contribution in [0.15, 0.2) is 0 Å². The molecule has 0 spiro atoms. The van der Waals surface area contributed by atoms with Gasteiger partial charge in [0.1, 0.15) is 5.66 Å². The van der Waals surface area contributed by atoms with E-state index in [1.807, 2.05) is 0 Å². The zero-order chi connectivity index (χ0) is 11.2. The van der Waals surface area contributed by atoms with Crippen molar-refractivity contribution < 1.29 is 18.6 Å². The van der Waals surface area contributed by atoms with Crippen molar-refractivity contribution in [2.45, 2.75) is 19.0 Å². The Hall–Kier alpha value is -0.780. The van der Waals surface area contributed by atoms with Crippen LogP contribution in [0.5, 0.6) is 0 Å². The topological polar surface area (TPSA) is 52.6 Å². The molecule has 0 aromatic carbocycles. The van der Waals surface area contributed by atoms with Gasteiger partial charge in [-0.15, -0.1) is 6.42 Å². The second-order valence-electron chi connectivity index (χ2n) is 2.83. The van der Waals surface area contributed by atoms with Crippen molar-refractivity contribution in [2.24, 2.45) is 0 Å². The summed E-state index contributed by atoms with van der Waals surface area (Å²) in [6, 6.07) is 0. The zero-order valence-corrected chi connectivity index (χ0v) is 9.54. The molecule has 0 saturated carbocycles. The lowest BCUT2D eigenvalue weighted by Gasteiger charge is -2.19. The van der Waals surface area contributed by atoms with Crippen molar-refractivity contribution in [1.82, 2.24) is 0 Å². The molecule has 2 unspecified atom stereocenters. The Kier molecular flexibility index (Phi) is 5.52. The summed E-state index contributed by atoms with van der Waals surface area (Å²) in [5, 5.41) is 0. The molecule has 0 aliphatic carbocycles. The normalized spacial score (nSPS) is 16.4. The average molecular weight is 218 g/mol. The molecule has 0 amide bonds. The molecule has 0 bridgehead atoms. The monoisotopic (exact) mass is 218 g/mol. The summed E-state index contributed by atoms with van der Waals surface area (Å²) < 4.78 is 21.2. The molecule has 2 atom stereocenters. The molecule has 80 valence electrons. The maximum atomic E-state index is 11.7. The first kappa shape index (κ1) is 13.2. The van der Waals surface area contributed by atoms with Gasteiger partial charge in [-0.25, -0.2) is 0 Å². The van der Waals surface area contributed by atoms with E-state index in [1.165, 1.54) is 13.8 Å². The fourth-order valence-electron chi connectivity index (χ4n) is 1.03. The van der Waals surface area contributed by atoms with Crippen LogP contribution in [-0.4, -0.2) is 32.0 Å². The van der Waals surface area contributed by atoms with Gasteiger partial charge in [-0.2, -0.15) is 0 Å². The Morgan fingerprint density at radius 1 is 1.64 bits per heavy atom. The molecule has 0 rings (SSSR count). The number of rotatable bonds is 5. The number of terminal acetylenes is 1. The number of esters is 1. The van der Waals surface area contributed by atoms with E-state index in [0.29, 0.717) is 6.42 Å². The van der Waals surface area contributed by atoms with Crippen LogP contribution in [-0.2, 0) is 18.6 Å². The molecule has 4 nitrogen and oxygen atoms in total. The first-order valence-corrected chi connectivity index (χ1v) is 6.36. The zero-order valence-electron chi connectivity index (χ0n) is 8.65. The summed E-state index contributed by atoms with van der Waals surface area (Å²) in [7, 11) is -1.61. The smallest absolute Gasteiger partial charge is 0.319 e. The summed E-state index contributed by atoms with van der Waals surface area (Å²) in [5.41, 5.74) is -0.721. The summed E-state index contributed by atoms with van der Waals surface area (Å²) in [5.74, 6) is 1.62. The molecule has 0 aromatic heterocycles. The van der Waals surface area contributed by atoms with Crippen LogP contribution in [0.1, 0.15) is 13.3 Å². The third-order valence-corrected chi connectivity index (χ3v) is 4.32. The highest BCUT2D eigenvalue weighted by Gasteiger charge is 2.34. The summed E-state index contributed by atoms with van der Waals surface area (Å²) >= 11 is 0. The number of carbonyl (C=O) groups excluding carboxylic acids is 1. The molecule has 5 heteroatoms. The van der Waals surface area contributed by atoms with E-state index in [9.17, 15) is 9.36 Å². The van der Waals surface area contributed by atoms with E-state index < -0.39 is 19.0 Å². The van der Waals surface area contributed by atoms with Gasteiger partial charge < -0.3 is 9.26 Å². The molecule has 0 aromatic rings. The van der Waals surface area contributed by atoms with Crippen LogP contribution in [0.25, 0.3) is 0 Å². The third-order valence-electron chi connectivity index (χ3n) is 1.89. The van der Waals surface area contributed by atoms with Crippen molar-refractivity contribution in [3.63, 3.8) is 0 Å². The molecule has 14 heavy (non-hydrogen) atoms. The highest BCUT2D eigenvalue weighted by atomic mass is 31.2. The number of hydrogen-bond donors (Lipinski definition) is 0. The Bertz CT molecular complexity index is 279. The van der Waals surface area contributed by atoms with Crippen LogP contribution in [0.3, 0.4) is 0 Å². The SMILES string of the molecule is C#CCOC(=O)C(CC)P(C)(=O)OC. The van der Waals surface area contributed by atoms with Gasteiger partial charge in [0.05, 0.1) is 0 Å². The maximum Gasteiger partial charge on any atom is 0.319 e. The first-order chi connectivity index (χ1) is 6.49. The Morgan fingerprint density at radius 3 is 2.57 bits per heavy atom. The van der Waals surface area contributed by atoms with E-state index in [2.05, 4.69) is 5.92 Å². The quantitative estimate of drug-likeness (QED) is 0.398. The lowest BCUT2D eigenvalue weighted by Crippen LogP contribution is -2.23. The van der Waals surface area contributed by atoms with Crippen molar-refractivity contribution in [1.29, 1.82) is 0 Å². The molecule has 0 radical (unpaired) electrons. The van der Waals surface area contributed by atoms with E-state index in [0.717, 1.165) is 0 Å². The van der Waals surface area contributed by atoms with E-state index in [-0.39, 0.29) is 6.61 Å². The minimum Gasteiger partial charge on any atom is -0.452 e. The van der Waals surface area contributed by atoms with Gasteiger partial charge in [-0.1, -0.05) is 12.8 Å². The standard InChI is InChI=1S/C9H15O4P/c1-5-7-13-9(10)8(6-2)14(4,11)12-3/h1,8H,6-7H2,2-4H3. The average Bonchev–Trinajstić information content (AvgIpc) is 2.15. The van der Waals surface area contributed by atoms with Gasteiger partial charge >= 0.3 is 5.97 Å². The van der Waals surface area contributed by atoms with Gasteiger partial charge in [-0.3, -0.25) is 9.36 Å². The van der Waals surface area contributed by atoms with Crippen molar-refractivity contribution >= 4 is 13.3 Å². The molecule has 0 N–H and O–H groups in total. The van der Waals surface area contributed by atoms with Gasteiger partial charge in [0, 0.05) is 13.8 Å². The fraction of sp³-hybridized carbons (Fsp3) is 0.667. The van der Waals surface area contributed by atoms with Crippen LogP contribution in [0.2, 0.25) is 0 Å². The summed E-state index contributed by atoms with van der Waals surface area (Å²) in [6.07, 6.45) is 5.34. The molecular formula is C9H15O4P. The largest absolute Gasteiger partial charge is 0.452 e. The second-order valence-corrected chi connectivity index (χ2v) is 5.63. The molecule has 0 heterocycles. The van der Waals surface area contributed by atoms with Crippen LogP contribution in [0, 0.1) is 12.3 Å². The number of carbonyl (C=O) groups is 1. The van der Waals surface area contributed by atoms with Crippen LogP contribution < -0.4 is 0 Å². The van der Waals surface area contributed by atoms with Gasteiger partial charge in [0.2, 0.25) is 7.37 Å². The molecule has 0 saturated heterocycles. The maximum absolute atomic E-state index is 11.7. The molecule has 0 aliphatic heterocycles. The fourth-order valence-corrected chi connectivity index (χ4v) is 2.40. The van der Waals surface area contributed by atoms with Crippen molar-refractivity contribution in [3.8, 4) is 12.3 Å². The Morgan fingerprint density at radius 2 is 2.21 bits per heavy atom. The van der Waals surface area contributed by atoms with Crippen LogP contribution in [0.4, 0.5) is 0 Å². The highest BCUT2D eigenvalue weighted by molar-refractivity contribution is 7.59. The number of ether oxygens (including phenoxy) is 1. The number of hydrogen-bond acceptors (Lipinski definition) is 4. The van der Waals surface area contributed by atoms with Gasteiger partial charge in [0.15, 0.2) is 6.61 Å². The predicted octanol–water partition coefficient (Wildman–Crippen LogP) is 1.50. The first-order valence-electron chi connectivity index (χ1n) is 4.22. The molecular weight excluding hydrogens is 203 g/mol. The minimum atomic E-state index is -2.92. The van der Waals surface area contributed by atoms with Crippen molar-refractivity contribution in [2.75, 3.05) is 20.4 Å². The molecule has 0 fully saturated rings. The highest BCUT2D eigenvalue weighted by Crippen LogP contribution is 2.48. The predicted molar refractivity (Wildman–Crippen MR) is 54.4 cm³/mol. The summed E-state index contributed by atoms with van der Waals surface area (Å²) in [6.45, 7) is 3.06. The Balaban J connectivity index is 4.50. The van der Waals surface area contributed by atoms with Gasteiger partial charge in [-0.05, 0) is 6.42 Å². The lowest BCUT2D eigenvalue weighted by molar-refractivity contribution is -0.141. The minimum absolute atomic E-state index is 0.0982. The van der Waals surface area contributed by atoms with Crippen molar-refractivity contribution in [3.05, 3.63) is 0 Å². The third kappa shape index (κ3) is 3.53. The van der Waals surface area contributed by atoms with Gasteiger partial charge in [0.25, 0.3) is 0 Å². The lowest BCUT2D eigenvalue weighted by atomic mass is 10.3. The summed E-state index contributed by atoms with van der Waals surface area (Å²) in [4.78, 5) is 11.4. The van der Waals surface area contributed by atoms with E-state index in [4.69, 9.17) is 15.7 Å².